The standard InChI is InChI=1S/C32H38F2N6O/c1-32(14-11-24(34)12-15-32)31(22-3-5-23(33)6-4-22)40-18-17-38(19-26(40)13-16-36-25-7-8-25)28-20-39(21-41)27-9-10-29(35-2)37-30(27)28/h3-6,9-12,14,20-21,25-26,31,36H,7-8,13,15-19H2,1-2H3,(H,35,37). The van der Waals surface area contributed by atoms with E-state index in [0.717, 1.165) is 67.1 Å². The number of carbonyl (C=O) groups is 1. The van der Waals surface area contributed by atoms with Crippen molar-refractivity contribution in [2.24, 2.45) is 5.41 Å². The van der Waals surface area contributed by atoms with Crippen molar-refractivity contribution in [2.45, 2.75) is 50.7 Å². The minimum Gasteiger partial charge on any atom is -0.373 e. The Morgan fingerprint density at radius 3 is 2.63 bits per heavy atom. The number of fused-ring (bicyclic) bond motifs is 1. The molecule has 0 spiro atoms. The van der Waals surface area contributed by atoms with E-state index >= 15 is 0 Å². The van der Waals surface area contributed by atoms with E-state index in [1.54, 1.807) is 16.7 Å². The lowest BCUT2D eigenvalue weighted by atomic mass is 9.72. The maximum absolute atomic E-state index is 14.1. The highest BCUT2D eigenvalue weighted by molar-refractivity contribution is 5.94. The number of nitrogens with zero attached hydrogens (tertiary/aromatic N) is 4. The molecule has 2 aliphatic carbocycles. The maximum Gasteiger partial charge on any atom is 0.218 e. The Hall–Kier alpha value is -3.56. The summed E-state index contributed by atoms with van der Waals surface area (Å²) in [6, 6.07) is 11.3. The largest absolute Gasteiger partial charge is 0.373 e. The average molecular weight is 561 g/mol. The molecule has 3 aromatic rings. The van der Waals surface area contributed by atoms with Gasteiger partial charge >= 0.3 is 0 Å². The molecular formula is C32H38F2N6O. The number of nitrogens with one attached hydrogen (secondary N) is 2. The highest BCUT2D eigenvalue weighted by Crippen LogP contribution is 2.47. The number of benzene rings is 1. The molecule has 1 saturated carbocycles. The van der Waals surface area contributed by atoms with Crippen LogP contribution in [0.4, 0.5) is 20.3 Å². The zero-order chi connectivity index (χ0) is 28.6. The lowest BCUT2D eigenvalue weighted by molar-refractivity contribution is 0.0493. The van der Waals surface area contributed by atoms with Gasteiger partial charge in [0.1, 0.15) is 23.0 Å². The zero-order valence-electron chi connectivity index (χ0n) is 23.7. The maximum atomic E-state index is 14.1. The number of hydrogen-bond donors (Lipinski definition) is 2. The lowest BCUT2D eigenvalue weighted by Gasteiger charge is -2.51. The van der Waals surface area contributed by atoms with Crippen LogP contribution in [0, 0.1) is 11.2 Å². The smallest absolute Gasteiger partial charge is 0.218 e. The number of piperazine rings is 1. The van der Waals surface area contributed by atoms with Crippen molar-refractivity contribution in [3.05, 3.63) is 78.0 Å². The molecule has 2 N–H and O–H groups in total. The molecule has 3 aliphatic rings. The number of rotatable bonds is 10. The highest BCUT2D eigenvalue weighted by Gasteiger charge is 2.43. The fraction of sp³-hybridized carbons (Fsp3) is 0.438. The number of anilines is 2. The number of hydrogen-bond acceptors (Lipinski definition) is 6. The van der Waals surface area contributed by atoms with Gasteiger partial charge in [-0.25, -0.2) is 13.8 Å². The average Bonchev–Trinajstić information content (AvgIpc) is 3.74. The topological polar surface area (TPSA) is 65.4 Å². The van der Waals surface area contributed by atoms with E-state index in [-0.39, 0.29) is 29.1 Å². The van der Waals surface area contributed by atoms with Crippen molar-refractivity contribution in [2.75, 3.05) is 43.4 Å². The molecule has 1 aromatic carbocycles. The van der Waals surface area contributed by atoms with Crippen LogP contribution in [0.3, 0.4) is 0 Å². The van der Waals surface area contributed by atoms with Gasteiger partial charge in [0.25, 0.3) is 0 Å². The highest BCUT2D eigenvalue weighted by atomic mass is 19.1. The zero-order valence-corrected chi connectivity index (χ0v) is 23.7. The van der Waals surface area contributed by atoms with Gasteiger partial charge in [0.15, 0.2) is 0 Å². The van der Waals surface area contributed by atoms with E-state index in [2.05, 4.69) is 27.4 Å². The first-order valence-electron chi connectivity index (χ1n) is 14.6. The van der Waals surface area contributed by atoms with E-state index in [9.17, 15) is 13.6 Å². The summed E-state index contributed by atoms with van der Waals surface area (Å²) in [6.07, 6.45) is 11.9. The number of pyridine rings is 1. The van der Waals surface area contributed by atoms with Crippen LogP contribution in [0.2, 0.25) is 0 Å². The third kappa shape index (κ3) is 5.65. The molecule has 9 heteroatoms. The second-order valence-corrected chi connectivity index (χ2v) is 11.8. The summed E-state index contributed by atoms with van der Waals surface area (Å²) in [5.41, 5.74) is 3.18. The van der Waals surface area contributed by atoms with Gasteiger partial charge in [0.2, 0.25) is 6.41 Å². The van der Waals surface area contributed by atoms with Gasteiger partial charge in [-0.1, -0.05) is 25.1 Å². The van der Waals surface area contributed by atoms with Crippen molar-refractivity contribution < 1.29 is 13.6 Å². The van der Waals surface area contributed by atoms with Crippen LogP contribution < -0.4 is 15.5 Å². The lowest BCUT2D eigenvalue weighted by Crippen LogP contribution is -2.57. The van der Waals surface area contributed by atoms with E-state index in [1.807, 2.05) is 43.6 Å². The van der Waals surface area contributed by atoms with Gasteiger partial charge < -0.3 is 15.5 Å². The molecule has 1 aliphatic heterocycles. The molecule has 3 heterocycles. The van der Waals surface area contributed by atoms with Gasteiger partial charge in [-0.05, 0) is 74.2 Å². The Labute approximate surface area is 239 Å². The van der Waals surface area contributed by atoms with Crippen LogP contribution in [-0.4, -0.2) is 66.2 Å². The van der Waals surface area contributed by atoms with Crippen LogP contribution in [-0.2, 0) is 4.79 Å². The summed E-state index contributed by atoms with van der Waals surface area (Å²) >= 11 is 0. The SMILES string of the molecule is CNc1ccc2c(n1)c(N1CCN(C(c3ccc(F)cc3)C3(C)C=CC(F)=CC3)C(CCNC3CC3)C1)cn2C=O. The van der Waals surface area contributed by atoms with Gasteiger partial charge in [-0.2, -0.15) is 0 Å². The molecule has 0 bridgehead atoms. The molecule has 3 unspecified atom stereocenters. The summed E-state index contributed by atoms with van der Waals surface area (Å²) < 4.78 is 29.7. The second-order valence-electron chi connectivity index (χ2n) is 11.8. The third-order valence-corrected chi connectivity index (χ3v) is 8.88. The van der Waals surface area contributed by atoms with Gasteiger partial charge in [0, 0.05) is 56.4 Å². The molecule has 1 saturated heterocycles. The quantitative estimate of drug-likeness (QED) is 0.322. The Morgan fingerprint density at radius 2 is 1.95 bits per heavy atom. The normalized spacial score (nSPS) is 24.0. The molecule has 2 fully saturated rings. The second kappa shape index (κ2) is 11.4. The van der Waals surface area contributed by atoms with Crippen LogP contribution in [0.25, 0.3) is 11.0 Å². The first-order chi connectivity index (χ1) is 19.9. The van der Waals surface area contributed by atoms with Crippen LogP contribution in [0.15, 0.2) is 66.6 Å². The van der Waals surface area contributed by atoms with Gasteiger partial charge in [-0.3, -0.25) is 14.3 Å². The predicted octanol–water partition coefficient (Wildman–Crippen LogP) is 5.45. The Balaban J connectivity index is 1.36. The molecule has 216 valence electrons. The van der Waals surface area contributed by atoms with Gasteiger partial charge in [0.05, 0.1) is 11.2 Å². The van der Waals surface area contributed by atoms with Crippen molar-refractivity contribution in [3.63, 3.8) is 0 Å². The summed E-state index contributed by atoms with van der Waals surface area (Å²) in [5, 5.41) is 6.79. The van der Waals surface area contributed by atoms with E-state index in [1.165, 1.54) is 25.0 Å². The Bertz CT molecular complexity index is 1460. The minimum atomic E-state index is -0.367. The van der Waals surface area contributed by atoms with Crippen molar-refractivity contribution in [1.29, 1.82) is 0 Å². The van der Waals surface area contributed by atoms with E-state index < -0.39 is 0 Å². The van der Waals surface area contributed by atoms with Crippen molar-refractivity contribution in [3.8, 4) is 0 Å². The number of aromatic nitrogens is 2. The molecule has 41 heavy (non-hydrogen) atoms. The molecule has 7 nitrogen and oxygen atoms in total. The minimum absolute atomic E-state index is 0.0675. The molecule has 6 rings (SSSR count). The molecule has 0 radical (unpaired) electrons. The van der Waals surface area contributed by atoms with E-state index in [0.29, 0.717) is 12.5 Å². The first-order valence-corrected chi connectivity index (χ1v) is 14.6. The van der Waals surface area contributed by atoms with Gasteiger partial charge in [-0.15, -0.1) is 0 Å². The fourth-order valence-corrected chi connectivity index (χ4v) is 6.52. The van der Waals surface area contributed by atoms with Crippen molar-refractivity contribution in [1.82, 2.24) is 19.8 Å². The Kier molecular flexibility index (Phi) is 7.66. The predicted molar refractivity (Wildman–Crippen MR) is 160 cm³/mol. The Morgan fingerprint density at radius 1 is 1.15 bits per heavy atom. The van der Waals surface area contributed by atoms with Crippen LogP contribution >= 0.6 is 0 Å². The van der Waals surface area contributed by atoms with E-state index in [4.69, 9.17) is 4.98 Å². The van der Waals surface area contributed by atoms with Crippen molar-refractivity contribution >= 4 is 28.9 Å². The number of carbonyl (C=O) groups excluding carboxylic acids is 1. The molecule has 3 atom stereocenters. The van der Waals surface area contributed by atoms with Crippen LogP contribution in [0.5, 0.6) is 0 Å². The summed E-state index contributed by atoms with van der Waals surface area (Å²) in [5.74, 6) is 0.271. The van der Waals surface area contributed by atoms with Crippen LogP contribution in [0.1, 0.15) is 44.2 Å². The summed E-state index contributed by atoms with van der Waals surface area (Å²) in [7, 11) is 1.84. The number of allylic oxidation sites excluding steroid dienone is 3. The first kappa shape index (κ1) is 27.6. The third-order valence-electron chi connectivity index (χ3n) is 8.88. The summed E-state index contributed by atoms with van der Waals surface area (Å²) in [6.45, 7) is 5.31. The summed E-state index contributed by atoms with van der Waals surface area (Å²) in [4.78, 5) is 21.6. The monoisotopic (exact) mass is 560 g/mol. The number of halogens is 2. The molecule has 0 amide bonds. The molecular weight excluding hydrogens is 522 g/mol. The molecule has 2 aromatic heterocycles. The fourth-order valence-electron chi connectivity index (χ4n) is 6.52.